The molecule has 0 amide bonds. The average molecular weight is 226 g/mol. The van der Waals surface area contributed by atoms with E-state index in [-0.39, 0.29) is 0 Å². The van der Waals surface area contributed by atoms with Crippen LogP contribution in [-0.2, 0) is 0 Å². The van der Waals surface area contributed by atoms with E-state index in [1.54, 1.807) is 0 Å². The molecule has 0 aromatic carbocycles. The standard InChI is InChI=1S/C12H22N2S/c1-10-9-15-8-7-14(10)12(13)11-5-3-2-4-6-11/h10-11,13H,2-9H2,1H3. The molecule has 1 heterocycles. The lowest BCUT2D eigenvalue weighted by molar-refractivity contribution is 0.318. The Morgan fingerprint density at radius 3 is 2.67 bits per heavy atom. The summed E-state index contributed by atoms with van der Waals surface area (Å²) >= 11 is 2.03. The van der Waals surface area contributed by atoms with Crippen molar-refractivity contribution in [1.29, 1.82) is 5.41 Å². The first-order valence-electron chi connectivity index (χ1n) is 6.22. The Hall–Kier alpha value is -0.180. The topological polar surface area (TPSA) is 27.1 Å². The van der Waals surface area contributed by atoms with E-state index in [2.05, 4.69) is 11.8 Å². The van der Waals surface area contributed by atoms with Crippen molar-refractivity contribution in [2.75, 3.05) is 18.1 Å². The lowest BCUT2D eigenvalue weighted by Gasteiger charge is -2.38. The summed E-state index contributed by atoms with van der Waals surface area (Å²) in [6, 6.07) is 0.582. The number of nitrogens with zero attached hydrogens (tertiary/aromatic N) is 1. The molecule has 1 aliphatic heterocycles. The molecule has 0 aromatic heterocycles. The van der Waals surface area contributed by atoms with Crippen LogP contribution in [0.15, 0.2) is 0 Å². The molecule has 0 radical (unpaired) electrons. The number of hydrogen-bond donors (Lipinski definition) is 1. The van der Waals surface area contributed by atoms with Crippen LogP contribution in [0.4, 0.5) is 0 Å². The van der Waals surface area contributed by atoms with E-state index >= 15 is 0 Å². The molecule has 2 aliphatic rings. The molecule has 1 saturated heterocycles. The number of rotatable bonds is 1. The van der Waals surface area contributed by atoms with Crippen molar-refractivity contribution in [3.05, 3.63) is 0 Å². The highest BCUT2D eigenvalue weighted by Gasteiger charge is 2.27. The van der Waals surface area contributed by atoms with Gasteiger partial charge in [0.1, 0.15) is 0 Å². The minimum absolute atomic E-state index is 0.573. The van der Waals surface area contributed by atoms with E-state index in [4.69, 9.17) is 5.41 Å². The molecule has 2 nitrogen and oxygen atoms in total. The van der Waals surface area contributed by atoms with E-state index in [1.807, 2.05) is 11.8 Å². The molecule has 3 heteroatoms. The second-order valence-corrected chi connectivity index (χ2v) is 5.99. The second kappa shape index (κ2) is 5.24. The maximum absolute atomic E-state index is 8.32. The van der Waals surface area contributed by atoms with Crippen LogP contribution in [0.3, 0.4) is 0 Å². The Balaban J connectivity index is 1.92. The zero-order valence-corrected chi connectivity index (χ0v) is 10.5. The Bertz CT molecular complexity index is 224. The number of thioether (sulfide) groups is 1. The predicted molar refractivity (Wildman–Crippen MR) is 67.8 cm³/mol. The Labute approximate surface area is 97.3 Å². The maximum Gasteiger partial charge on any atom is 0.0992 e. The smallest absolute Gasteiger partial charge is 0.0992 e. The summed E-state index contributed by atoms with van der Waals surface area (Å²) in [7, 11) is 0. The van der Waals surface area contributed by atoms with Crippen LogP contribution < -0.4 is 0 Å². The molecule has 2 fully saturated rings. The van der Waals surface area contributed by atoms with Gasteiger partial charge in [-0.2, -0.15) is 11.8 Å². The van der Waals surface area contributed by atoms with Crippen LogP contribution in [0.1, 0.15) is 39.0 Å². The Kier molecular flexibility index (Phi) is 3.95. The van der Waals surface area contributed by atoms with Gasteiger partial charge >= 0.3 is 0 Å². The van der Waals surface area contributed by atoms with Gasteiger partial charge in [0.15, 0.2) is 0 Å². The first-order valence-corrected chi connectivity index (χ1v) is 7.37. The summed E-state index contributed by atoms with van der Waals surface area (Å²) in [5, 5.41) is 8.32. The number of hydrogen-bond acceptors (Lipinski definition) is 2. The number of amidine groups is 1. The SMILES string of the molecule is CC1CSCCN1C(=N)C1CCCCC1. The highest BCUT2D eigenvalue weighted by molar-refractivity contribution is 7.99. The van der Waals surface area contributed by atoms with Crippen molar-refractivity contribution in [2.45, 2.75) is 45.1 Å². The molecule has 1 saturated carbocycles. The fourth-order valence-corrected chi connectivity index (χ4v) is 3.71. The Morgan fingerprint density at radius 1 is 1.27 bits per heavy atom. The average Bonchev–Trinajstić information content (AvgIpc) is 2.30. The quantitative estimate of drug-likeness (QED) is 0.550. The predicted octanol–water partition coefficient (Wildman–Crippen LogP) is 2.98. The third kappa shape index (κ3) is 2.68. The molecular weight excluding hydrogens is 204 g/mol. The molecule has 1 atom stereocenters. The van der Waals surface area contributed by atoms with Gasteiger partial charge in [-0.05, 0) is 19.8 Å². The summed E-state index contributed by atoms with van der Waals surface area (Å²) in [6.07, 6.45) is 6.58. The van der Waals surface area contributed by atoms with Crippen molar-refractivity contribution in [3.63, 3.8) is 0 Å². The molecule has 1 unspecified atom stereocenters. The third-order valence-corrected chi connectivity index (χ3v) is 4.86. The summed E-state index contributed by atoms with van der Waals surface area (Å²) in [4.78, 5) is 2.35. The van der Waals surface area contributed by atoms with E-state index < -0.39 is 0 Å². The Morgan fingerprint density at radius 2 is 2.00 bits per heavy atom. The van der Waals surface area contributed by atoms with Crippen LogP contribution in [0, 0.1) is 11.3 Å². The van der Waals surface area contributed by atoms with Crippen LogP contribution in [0.5, 0.6) is 0 Å². The van der Waals surface area contributed by atoms with E-state index in [9.17, 15) is 0 Å². The molecule has 1 aliphatic carbocycles. The molecule has 15 heavy (non-hydrogen) atoms. The van der Waals surface area contributed by atoms with E-state index in [0.717, 1.165) is 12.4 Å². The van der Waals surface area contributed by atoms with Crippen molar-refractivity contribution in [2.24, 2.45) is 5.92 Å². The molecule has 0 bridgehead atoms. The summed E-state index contributed by atoms with van der Waals surface area (Å²) < 4.78 is 0. The van der Waals surface area contributed by atoms with Crippen LogP contribution in [0.25, 0.3) is 0 Å². The molecule has 2 rings (SSSR count). The fourth-order valence-electron chi connectivity index (χ4n) is 2.70. The lowest BCUT2D eigenvalue weighted by Crippen LogP contribution is -2.47. The summed E-state index contributed by atoms with van der Waals surface area (Å²) in [5.41, 5.74) is 0. The van der Waals surface area contributed by atoms with Crippen LogP contribution >= 0.6 is 11.8 Å². The molecule has 0 aromatic rings. The van der Waals surface area contributed by atoms with Gasteiger partial charge in [-0.1, -0.05) is 19.3 Å². The van der Waals surface area contributed by atoms with Gasteiger partial charge < -0.3 is 4.90 Å². The van der Waals surface area contributed by atoms with E-state index in [0.29, 0.717) is 12.0 Å². The highest BCUT2D eigenvalue weighted by Crippen LogP contribution is 2.28. The minimum atomic E-state index is 0.573. The van der Waals surface area contributed by atoms with Gasteiger partial charge in [-0.3, -0.25) is 5.41 Å². The molecular formula is C12H22N2S. The maximum atomic E-state index is 8.32. The van der Waals surface area contributed by atoms with Gasteiger partial charge in [-0.25, -0.2) is 0 Å². The first-order chi connectivity index (χ1) is 7.29. The lowest BCUT2D eigenvalue weighted by atomic mass is 9.87. The highest BCUT2D eigenvalue weighted by atomic mass is 32.2. The largest absolute Gasteiger partial charge is 0.356 e. The molecule has 1 N–H and O–H groups in total. The summed E-state index contributed by atoms with van der Waals surface area (Å²) in [6.45, 7) is 3.37. The monoisotopic (exact) mass is 226 g/mol. The van der Waals surface area contributed by atoms with Crippen LogP contribution in [-0.4, -0.2) is 34.8 Å². The van der Waals surface area contributed by atoms with Crippen molar-refractivity contribution in [3.8, 4) is 0 Å². The van der Waals surface area contributed by atoms with Gasteiger partial charge in [0.05, 0.1) is 5.84 Å². The third-order valence-electron chi connectivity index (χ3n) is 3.67. The van der Waals surface area contributed by atoms with Gasteiger partial charge in [0, 0.05) is 30.0 Å². The first kappa shape index (κ1) is 11.3. The minimum Gasteiger partial charge on any atom is -0.356 e. The number of nitrogens with one attached hydrogen (secondary N) is 1. The molecule has 86 valence electrons. The van der Waals surface area contributed by atoms with E-state index in [1.165, 1.54) is 43.6 Å². The van der Waals surface area contributed by atoms with Crippen LogP contribution in [0.2, 0.25) is 0 Å². The fraction of sp³-hybridized carbons (Fsp3) is 0.917. The van der Waals surface area contributed by atoms with Gasteiger partial charge in [-0.15, -0.1) is 0 Å². The normalized spacial score (nSPS) is 29.1. The zero-order chi connectivity index (χ0) is 10.7. The van der Waals surface area contributed by atoms with Gasteiger partial charge in [0.2, 0.25) is 0 Å². The van der Waals surface area contributed by atoms with Gasteiger partial charge in [0.25, 0.3) is 0 Å². The van der Waals surface area contributed by atoms with Crippen molar-refractivity contribution in [1.82, 2.24) is 4.90 Å². The molecule has 0 spiro atoms. The van der Waals surface area contributed by atoms with Crippen molar-refractivity contribution >= 4 is 17.6 Å². The second-order valence-electron chi connectivity index (χ2n) is 4.84. The summed E-state index contributed by atoms with van der Waals surface area (Å²) in [5.74, 6) is 3.93. The zero-order valence-electron chi connectivity index (χ0n) is 9.67. The van der Waals surface area contributed by atoms with Crippen molar-refractivity contribution < 1.29 is 0 Å².